The highest BCUT2D eigenvalue weighted by atomic mass is 16.2. The molecule has 1 atom stereocenters. The van der Waals surface area contributed by atoms with Crippen LogP contribution in [0.1, 0.15) is 32.3 Å². The summed E-state index contributed by atoms with van der Waals surface area (Å²) in [6.07, 6.45) is 0. The molecule has 1 unspecified atom stereocenters. The van der Waals surface area contributed by atoms with Crippen molar-refractivity contribution in [1.29, 1.82) is 0 Å². The highest BCUT2D eigenvalue weighted by molar-refractivity contribution is 5.95. The van der Waals surface area contributed by atoms with Crippen LogP contribution >= 0.6 is 0 Å². The number of hydrogen-bond donors (Lipinski definition) is 1. The Morgan fingerprint density at radius 1 is 1.21 bits per heavy atom. The molecule has 1 saturated heterocycles. The molecule has 0 spiro atoms. The Morgan fingerprint density at radius 3 is 2.47 bits per heavy atom. The van der Waals surface area contributed by atoms with E-state index in [2.05, 4.69) is 26.8 Å². The van der Waals surface area contributed by atoms with E-state index in [-0.39, 0.29) is 18.0 Å². The van der Waals surface area contributed by atoms with Crippen LogP contribution in [0.2, 0.25) is 0 Å². The van der Waals surface area contributed by atoms with Crippen LogP contribution in [0.4, 0.5) is 10.5 Å². The van der Waals surface area contributed by atoms with Crippen molar-refractivity contribution in [3.8, 4) is 0 Å². The Morgan fingerprint density at radius 2 is 1.89 bits per heavy atom. The van der Waals surface area contributed by atoms with Gasteiger partial charge in [0.25, 0.3) is 0 Å². The second-order valence-corrected chi connectivity index (χ2v) is 5.42. The molecule has 2 amide bonds. The minimum Gasteiger partial charge on any atom is -0.330 e. The van der Waals surface area contributed by atoms with Crippen LogP contribution in [0.3, 0.4) is 0 Å². The second kappa shape index (κ2) is 5.61. The van der Waals surface area contributed by atoms with Gasteiger partial charge in [-0.1, -0.05) is 25.1 Å². The lowest BCUT2D eigenvalue weighted by molar-refractivity contribution is 0.209. The van der Waals surface area contributed by atoms with Gasteiger partial charge in [-0.3, -0.25) is 4.90 Å². The third kappa shape index (κ3) is 2.59. The predicted octanol–water partition coefficient (Wildman–Crippen LogP) is 2.40. The van der Waals surface area contributed by atoms with Crippen LogP contribution in [-0.2, 0) is 0 Å². The molecule has 1 aromatic rings. The zero-order valence-electron chi connectivity index (χ0n) is 12.0. The molecule has 0 radical (unpaired) electrons. The molecule has 1 fully saturated rings. The molecule has 2 rings (SSSR count). The van der Waals surface area contributed by atoms with Crippen LogP contribution in [-0.4, -0.2) is 36.6 Å². The number of urea groups is 1. The van der Waals surface area contributed by atoms with Crippen LogP contribution in [0.25, 0.3) is 0 Å². The summed E-state index contributed by atoms with van der Waals surface area (Å²) in [4.78, 5) is 16.2. The number of amides is 2. The van der Waals surface area contributed by atoms with Gasteiger partial charge < -0.3 is 10.6 Å². The van der Waals surface area contributed by atoms with Gasteiger partial charge in [0.05, 0.1) is 0 Å². The van der Waals surface area contributed by atoms with Crippen LogP contribution in [0, 0.1) is 0 Å². The Kier molecular flexibility index (Phi) is 4.10. The first-order valence-electron chi connectivity index (χ1n) is 6.93. The average Bonchev–Trinajstić information content (AvgIpc) is 2.79. The number of hydrogen-bond acceptors (Lipinski definition) is 2. The topological polar surface area (TPSA) is 49.6 Å². The molecule has 0 saturated carbocycles. The maximum atomic E-state index is 12.4. The lowest BCUT2D eigenvalue weighted by Crippen LogP contribution is -2.36. The van der Waals surface area contributed by atoms with Gasteiger partial charge in [0, 0.05) is 24.8 Å². The summed E-state index contributed by atoms with van der Waals surface area (Å²) in [7, 11) is 0. The van der Waals surface area contributed by atoms with E-state index in [4.69, 9.17) is 5.73 Å². The van der Waals surface area contributed by atoms with Gasteiger partial charge in [-0.25, -0.2) is 4.79 Å². The van der Waals surface area contributed by atoms with Crippen molar-refractivity contribution in [2.24, 2.45) is 5.73 Å². The van der Waals surface area contributed by atoms with Gasteiger partial charge in [0.15, 0.2) is 0 Å². The van der Waals surface area contributed by atoms with Crippen LogP contribution in [0.5, 0.6) is 0 Å². The maximum Gasteiger partial charge on any atom is 0.324 e. The van der Waals surface area contributed by atoms with Crippen molar-refractivity contribution >= 4 is 11.7 Å². The first kappa shape index (κ1) is 13.9. The number of nitrogens with two attached hydrogens (primary N) is 1. The van der Waals surface area contributed by atoms with Crippen molar-refractivity contribution in [1.82, 2.24) is 4.90 Å². The largest absolute Gasteiger partial charge is 0.330 e. The monoisotopic (exact) mass is 261 g/mol. The van der Waals surface area contributed by atoms with E-state index in [1.807, 2.05) is 28.0 Å². The third-order valence-corrected chi connectivity index (χ3v) is 3.78. The van der Waals surface area contributed by atoms with Crippen molar-refractivity contribution in [3.05, 3.63) is 29.8 Å². The molecule has 2 N–H and O–H groups in total. The van der Waals surface area contributed by atoms with Crippen molar-refractivity contribution in [2.45, 2.75) is 32.7 Å². The van der Waals surface area contributed by atoms with Gasteiger partial charge >= 0.3 is 6.03 Å². The van der Waals surface area contributed by atoms with Crippen molar-refractivity contribution in [3.63, 3.8) is 0 Å². The molecule has 19 heavy (non-hydrogen) atoms. The molecule has 4 nitrogen and oxygen atoms in total. The molecule has 1 aliphatic rings. The fourth-order valence-electron chi connectivity index (χ4n) is 2.53. The molecule has 4 heteroatoms. The van der Waals surface area contributed by atoms with E-state index < -0.39 is 0 Å². The third-order valence-electron chi connectivity index (χ3n) is 3.78. The standard InChI is InChI=1S/C15H23N3O/c1-11(2)17-8-9-18(15(17)19)14-7-5-4-6-13(14)12(3)10-16/h4-7,11-12H,8-10,16H2,1-3H3. The molecule has 0 aliphatic carbocycles. The molecule has 0 bridgehead atoms. The van der Waals surface area contributed by atoms with Crippen molar-refractivity contribution in [2.75, 3.05) is 24.5 Å². The summed E-state index contributed by atoms with van der Waals surface area (Å²) in [6.45, 7) is 8.34. The van der Waals surface area contributed by atoms with E-state index in [0.717, 1.165) is 24.3 Å². The molecule has 0 aromatic heterocycles. The van der Waals surface area contributed by atoms with E-state index in [0.29, 0.717) is 6.54 Å². The van der Waals surface area contributed by atoms with Gasteiger partial charge in [0.1, 0.15) is 0 Å². The van der Waals surface area contributed by atoms with Gasteiger partial charge in [0.2, 0.25) is 0 Å². The number of carbonyl (C=O) groups is 1. The minimum absolute atomic E-state index is 0.103. The smallest absolute Gasteiger partial charge is 0.324 e. The Labute approximate surface area is 115 Å². The van der Waals surface area contributed by atoms with Gasteiger partial charge in [-0.2, -0.15) is 0 Å². The number of benzene rings is 1. The fourth-order valence-corrected chi connectivity index (χ4v) is 2.53. The van der Waals surface area contributed by atoms with Crippen molar-refractivity contribution < 1.29 is 4.79 Å². The van der Waals surface area contributed by atoms with Gasteiger partial charge in [-0.05, 0) is 37.9 Å². The zero-order valence-corrected chi connectivity index (χ0v) is 12.0. The molecule has 1 aliphatic heterocycles. The van der Waals surface area contributed by atoms with Crippen LogP contribution in [0.15, 0.2) is 24.3 Å². The Hall–Kier alpha value is -1.55. The fraction of sp³-hybridized carbons (Fsp3) is 0.533. The highest BCUT2D eigenvalue weighted by Crippen LogP contribution is 2.30. The van der Waals surface area contributed by atoms with E-state index in [1.165, 1.54) is 0 Å². The van der Waals surface area contributed by atoms with Gasteiger partial charge in [-0.15, -0.1) is 0 Å². The number of rotatable bonds is 4. The first-order valence-corrected chi connectivity index (χ1v) is 6.93. The number of para-hydroxylation sites is 1. The normalized spacial score (nSPS) is 17.4. The summed E-state index contributed by atoms with van der Waals surface area (Å²) >= 11 is 0. The van der Waals surface area contributed by atoms with E-state index in [9.17, 15) is 4.79 Å². The zero-order chi connectivity index (χ0) is 14.0. The number of carbonyl (C=O) groups excluding carboxylic acids is 1. The SMILES string of the molecule is CC(CN)c1ccccc1N1CCN(C(C)C)C1=O. The summed E-state index contributed by atoms with van der Waals surface area (Å²) in [5.41, 5.74) is 7.93. The van der Waals surface area contributed by atoms with E-state index in [1.54, 1.807) is 0 Å². The first-order chi connectivity index (χ1) is 9.06. The molecule has 104 valence electrons. The predicted molar refractivity (Wildman–Crippen MR) is 78.5 cm³/mol. The lowest BCUT2D eigenvalue weighted by atomic mass is 9.99. The highest BCUT2D eigenvalue weighted by Gasteiger charge is 2.32. The lowest BCUT2D eigenvalue weighted by Gasteiger charge is -2.24. The Bertz CT molecular complexity index is 458. The summed E-state index contributed by atoms with van der Waals surface area (Å²) in [6, 6.07) is 8.42. The molecular formula is C15H23N3O. The second-order valence-electron chi connectivity index (χ2n) is 5.42. The Balaban J connectivity index is 2.31. The quantitative estimate of drug-likeness (QED) is 0.904. The number of nitrogens with zero attached hydrogens (tertiary/aromatic N) is 2. The summed E-state index contributed by atoms with van der Waals surface area (Å²) < 4.78 is 0. The minimum atomic E-state index is 0.103. The maximum absolute atomic E-state index is 12.4. The molecule has 1 heterocycles. The van der Waals surface area contributed by atoms with E-state index >= 15 is 0 Å². The average molecular weight is 261 g/mol. The number of anilines is 1. The summed E-state index contributed by atoms with van der Waals surface area (Å²) in [5.74, 6) is 0.261. The summed E-state index contributed by atoms with van der Waals surface area (Å²) in [5, 5.41) is 0. The molecular weight excluding hydrogens is 238 g/mol. The molecule has 1 aromatic carbocycles. The van der Waals surface area contributed by atoms with Crippen LogP contribution < -0.4 is 10.6 Å².